The van der Waals surface area contributed by atoms with Crippen molar-refractivity contribution in [3.63, 3.8) is 0 Å². The lowest BCUT2D eigenvalue weighted by molar-refractivity contribution is -0.128. The van der Waals surface area contributed by atoms with E-state index in [2.05, 4.69) is 15.3 Å². The second-order valence-corrected chi connectivity index (χ2v) is 7.65. The van der Waals surface area contributed by atoms with Crippen LogP contribution in [0.4, 0.5) is 10.8 Å². The Balaban J connectivity index is 1.62. The van der Waals surface area contributed by atoms with Crippen molar-refractivity contribution in [3.8, 4) is 5.75 Å². The lowest BCUT2D eigenvalue weighted by Crippen LogP contribution is -2.33. The van der Waals surface area contributed by atoms with Gasteiger partial charge in [-0.15, -0.1) is 11.3 Å². The Morgan fingerprint density at radius 3 is 2.74 bits per heavy atom. The maximum atomic E-state index is 12.6. The first-order chi connectivity index (χ1) is 13.1. The topological polar surface area (TPSA) is 83.9 Å². The van der Waals surface area contributed by atoms with Crippen LogP contribution in [0, 0.1) is 0 Å². The van der Waals surface area contributed by atoms with E-state index in [0.29, 0.717) is 29.1 Å². The number of nitrogens with zero attached hydrogens (tertiary/aromatic N) is 3. The lowest BCUT2D eigenvalue weighted by Gasteiger charge is -2.13. The molecule has 0 spiro atoms. The molecule has 27 heavy (non-hydrogen) atoms. The predicted octanol–water partition coefficient (Wildman–Crippen LogP) is 3.52. The minimum atomic E-state index is -0.480. The molecule has 1 aliphatic rings. The van der Waals surface area contributed by atoms with E-state index >= 15 is 0 Å². The Kier molecular flexibility index (Phi) is 6.46. The van der Waals surface area contributed by atoms with E-state index in [-0.39, 0.29) is 18.2 Å². The number of nitrogens with one attached hydrogen (secondary N) is 1. The standard InChI is InChI=1S/C18H20N4O3S2/c1-3-22-16(24)14(27-18(22)21-17-19-9-10-26-17)11-15(23)20-12-5-7-13(8-6-12)25-4-2/h5-10,14H,3-4,11H2,1-2H3,(H,20,23)/b21-18+. The number of aliphatic imine (C=N–C) groups is 1. The van der Waals surface area contributed by atoms with Crippen molar-refractivity contribution >= 4 is 50.9 Å². The van der Waals surface area contributed by atoms with Crippen LogP contribution in [0.1, 0.15) is 20.3 Å². The summed E-state index contributed by atoms with van der Waals surface area (Å²) in [5.41, 5.74) is 0.669. The van der Waals surface area contributed by atoms with Crippen molar-refractivity contribution in [2.24, 2.45) is 4.99 Å². The fourth-order valence-corrected chi connectivity index (χ4v) is 4.32. The highest BCUT2D eigenvalue weighted by atomic mass is 32.2. The van der Waals surface area contributed by atoms with E-state index in [1.54, 1.807) is 35.4 Å². The Hall–Kier alpha value is -2.39. The highest BCUT2D eigenvalue weighted by molar-refractivity contribution is 8.15. The van der Waals surface area contributed by atoms with Gasteiger partial charge in [0.05, 0.1) is 6.61 Å². The number of benzene rings is 1. The van der Waals surface area contributed by atoms with E-state index in [1.165, 1.54) is 23.1 Å². The molecule has 3 rings (SSSR count). The number of thiazole rings is 1. The summed E-state index contributed by atoms with van der Waals surface area (Å²) in [4.78, 5) is 35.1. The smallest absolute Gasteiger partial charge is 0.242 e. The zero-order chi connectivity index (χ0) is 19.2. The zero-order valence-electron chi connectivity index (χ0n) is 15.0. The number of ether oxygens (including phenoxy) is 1. The summed E-state index contributed by atoms with van der Waals surface area (Å²) >= 11 is 2.72. The molecule has 1 saturated heterocycles. The second-order valence-electron chi connectivity index (χ2n) is 5.61. The SMILES string of the molecule is CCOc1ccc(NC(=O)CC2S/C(=N/c3nccs3)N(CC)C2=O)cc1. The molecule has 1 aromatic carbocycles. The van der Waals surface area contributed by atoms with Crippen LogP contribution in [0.3, 0.4) is 0 Å². The summed E-state index contributed by atoms with van der Waals surface area (Å²) in [6.45, 7) is 4.90. The van der Waals surface area contributed by atoms with E-state index in [0.717, 1.165) is 5.75 Å². The molecule has 1 atom stereocenters. The minimum absolute atomic E-state index is 0.0874. The van der Waals surface area contributed by atoms with Gasteiger partial charge in [0.1, 0.15) is 11.0 Å². The molecule has 1 aliphatic heterocycles. The first-order valence-electron chi connectivity index (χ1n) is 8.59. The van der Waals surface area contributed by atoms with Gasteiger partial charge in [0.15, 0.2) is 5.17 Å². The number of rotatable bonds is 7. The number of carbonyl (C=O) groups excluding carboxylic acids is 2. The van der Waals surface area contributed by atoms with Crippen molar-refractivity contribution in [3.05, 3.63) is 35.8 Å². The fourth-order valence-electron chi connectivity index (χ4n) is 2.55. The molecular weight excluding hydrogens is 384 g/mol. The summed E-state index contributed by atoms with van der Waals surface area (Å²) in [5, 5.41) is 5.37. The number of amides is 2. The molecule has 0 saturated carbocycles. The number of hydrogen-bond donors (Lipinski definition) is 1. The van der Waals surface area contributed by atoms with Gasteiger partial charge >= 0.3 is 0 Å². The molecule has 1 unspecified atom stereocenters. The third kappa shape index (κ3) is 4.86. The summed E-state index contributed by atoms with van der Waals surface area (Å²) in [5.74, 6) is 0.440. The summed E-state index contributed by atoms with van der Waals surface area (Å²) < 4.78 is 5.38. The quantitative estimate of drug-likeness (QED) is 0.763. The molecule has 1 fully saturated rings. The van der Waals surface area contributed by atoms with Crippen LogP contribution in [-0.2, 0) is 9.59 Å². The van der Waals surface area contributed by atoms with Crippen molar-refractivity contribution in [1.82, 2.24) is 9.88 Å². The molecule has 1 aromatic heterocycles. The van der Waals surface area contributed by atoms with Gasteiger partial charge in [-0.1, -0.05) is 11.8 Å². The molecule has 2 aromatic rings. The summed E-state index contributed by atoms with van der Waals surface area (Å²) in [6.07, 6.45) is 1.76. The van der Waals surface area contributed by atoms with Crippen LogP contribution in [-0.4, -0.2) is 45.3 Å². The van der Waals surface area contributed by atoms with Gasteiger partial charge in [-0.25, -0.2) is 4.98 Å². The molecule has 142 valence electrons. The van der Waals surface area contributed by atoms with Gasteiger partial charge in [0.2, 0.25) is 16.9 Å². The van der Waals surface area contributed by atoms with Gasteiger partial charge < -0.3 is 10.1 Å². The fraction of sp³-hybridized carbons (Fsp3) is 0.333. The predicted molar refractivity (Wildman–Crippen MR) is 109 cm³/mol. The molecule has 0 aliphatic carbocycles. The maximum absolute atomic E-state index is 12.6. The van der Waals surface area contributed by atoms with Crippen LogP contribution >= 0.6 is 23.1 Å². The zero-order valence-corrected chi connectivity index (χ0v) is 16.7. The normalized spacial score (nSPS) is 18.1. The maximum Gasteiger partial charge on any atom is 0.242 e. The number of aromatic nitrogens is 1. The molecular formula is C18H20N4O3S2. The molecule has 0 bridgehead atoms. The third-order valence-electron chi connectivity index (χ3n) is 3.77. The van der Waals surface area contributed by atoms with Gasteiger partial charge in [-0.2, -0.15) is 4.99 Å². The Bertz CT molecular complexity index is 822. The largest absolute Gasteiger partial charge is 0.494 e. The van der Waals surface area contributed by atoms with Gasteiger partial charge in [0.25, 0.3) is 0 Å². The minimum Gasteiger partial charge on any atom is -0.494 e. The van der Waals surface area contributed by atoms with Crippen LogP contribution in [0.25, 0.3) is 0 Å². The summed E-state index contributed by atoms with van der Waals surface area (Å²) in [6, 6.07) is 7.15. The van der Waals surface area contributed by atoms with Crippen LogP contribution in [0.2, 0.25) is 0 Å². The number of hydrogen-bond acceptors (Lipinski definition) is 7. The molecule has 1 N–H and O–H groups in total. The summed E-state index contributed by atoms with van der Waals surface area (Å²) in [7, 11) is 0. The highest BCUT2D eigenvalue weighted by Crippen LogP contribution is 2.32. The first-order valence-corrected chi connectivity index (χ1v) is 10.4. The average molecular weight is 405 g/mol. The number of amidine groups is 1. The van der Waals surface area contributed by atoms with Gasteiger partial charge in [-0.05, 0) is 38.1 Å². The van der Waals surface area contributed by atoms with Crippen molar-refractivity contribution in [1.29, 1.82) is 0 Å². The molecule has 0 radical (unpaired) electrons. The number of anilines is 1. The second kappa shape index (κ2) is 9.01. The first kappa shape index (κ1) is 19.4. The molecule has 2 heterocycles. The Labute approximate surface area is 165 Å². The van der Waals surface area contributed by atoms with Crippen molar-refractivity contribution < 1.29 is 14.3 Å². The molecule has 7 nitrogen and oxygen atoms in total. The monoisotopic (exact) mass is 404 g/mol. The average Bonchev–Trinajstić information content (AvgIpc) is 3.26. The Morgan fingerprint density at radius 1 is 1.33 bits per heavy atom. The molecule has 2 amide bonds. The van der Waals surface area contributed by atoms with Crippen LogP contribution in [0.15, 0.2) is 40.8 Å². The number of thioether (sulfide) groups is 1. The van der Waals surface area contributed by atoms with Crippen LogP contribution < -0.4 is 10.1 Å². The highest BCUT2D eigenvalue weighted by Gasteiger charge is 2.38. The van der Waals surface area contributed by atoms with E-state index in [4.69, 9.17) is 4.74 Å². The number of carbonyl (C=O) groups is 2. The van der Waals surface area contributed by atoms with Crippen molar-refractivity contribution in [2.75, 3.05) is 18.5 Å². The molecule has 9 heteroatoms. The van der Waals surface area contributed by atoms with Gasteiger partial charge in [0, 0.05) is 30.2 Å². The Morgan fingerprint density at radius 2 is 2.11 bits per heavy atom. The van der Waals surface area contributed by atoms with E-state index in [1.807, 2.05) is 19.2 Å². The lowest BCUT2D eigenvalue weighted by atomic mass is 10.2. The van der Waals surface area contributed by atoms with E-state index in [9.17, 15) is 9.59 Å². The van der Waals surface area contributed by atoms with E-state index < -0.39 is 5.25 Å². The van der Waals surface area contributed by atoms with Gasteiger partial charge in [-0.3, -0.25) is 14.5 Å². The van der Waals surface area contributed by atoms with Crippen LogP contribution in [0.5, 0.6) is 5.75 Å². The van der Waals surface area contributed by atoms with Crippen molar-refractivity contribution in [2.45, 2.75) is 25.5 Å². The third-order valence-corrected chi connectivity index (χ3v) is 5.61.